The van der Waals surface area contributed by atoms with Crippen molar-refractivity contribution in [2.75, 3.05) is 24.5 Å². The van der Waals surface area contributed by atoms with E-state index in [1.165, 1.54) is 0 Å². The van der Waals surface area contributed by atoms with Gasteiger partial charge in [0.05, 0.1) is 17.9 Å². The van der Waals surface area contributed by atoms with Crippen LogP contribution in [0.2, 0.25) is 5.02 Å². The van der Waals surface area contributed by atoms with Gasteiger partial charge in [0.15, 0.2) is 6.10 Å². The van der Waals surface area contributed by atoms with Crippen LogP contribution in [-0.2, 0) is 4.79 Å². The van der Waals surface area contributed by atoms with E-state index in [-0.39, 0.29) is 24.2 Å². The van der Waals surface area contributed by atoms with Gasteiger partial charge < -0.3 is 9.64 Å². The normalized spacial score (nSPS) is 17.9. The van der Waals surface area contributed by atoms with Crippen LogP contribution in [0.1, 0.15) is 35.7 Å². The van der Waals surface area contributed by atoms with E-state index >= 15 is 0 Å². The summed E-state index contributed by atoms with van der Waals surface area (Å²) in [7, 11) is 0. The number of aromatic nitrogens is 3. The molecule has 2 aliphatic rings. The molecule has 0 spiro atoms. The Labute approximate surface area is 196 Å². The Bertz CT molecular complexity index is 1190. The molecule has 0 radical (unpaired) electrons. The van der Waals surface area contributed by atoms with Crippen LogP contribution in [-0.4, -0.2) is 57.2 Å². The molecule has 170 valence electrons. The summed E-state index contributed by atoms with van der Waals surface area (Å²) >= 11 is 5.99. The van der Waals surface area contributed by atoms with Crippen LogP contribution in [0.5, 0.6) is 5.75 Å². The van der Waals surface area contributed by atoms with Gasteiger partial charge in [0.2, 0.25) is 5.82 Å². The smallest absolute Gasteiger partial charge is 0.298 e. The van der Waals surface area contributed by atoms with Crippen molar-refractivity contribution in [3.63, 3.8) is 0 Å². The number of aryl methyl sites for hydroxylation is 1. The molecule has 2 amide bonds. The number of benzene rings is 2. The second-order valence-corrected chi connectivity index (χ2v) is 8.68. The van der Waals surface area contributed by atoms with E-state index in [1.54, 1.807) is 40.8 Å². The fourth-order valence-corrected chi connectivity index (χ4v) is 4.43. The first-order chi connectivity index (χ1) is 16.0. The summed E-state index contributed by atoms with van der Waals surface area (Å²) in [6.07, 6.45) is 2.34. The molecule has 1 fully saturated rings. The third-order valence-electron chi connectivity index (χ3n) is 5.99. The molecule has 2 aromatic carbocycles. The minimum absolute atomic E-state index is 0.0586. The summed E-state index contributed by atoms with van der Waals surface area (Å²) in [5, 5.41) is 5.07. The molecule has 1 saturated heterocycles. The average Bonchev–Trinajstić information content (AvgIpc) is 3.25. The number of halogens is 1. The topological polar surface area (TPSA) is 80.6 Å². The minimum Gasteiger partial charge on any atom is -0.476 e. The third-order valence-corrected chi connectivity index (χ3v) is 6.25. The zero-order chi connectivity index (χ0) is 22.9. The molecule has 9 heteroatoms. The molecular weight excluding hydrogens is 442 g/mol. The van der Waals surface area contributed by atoms with Crippen LogP contribution >= 0.6 is 11.6 Å². The van der Waals surface area contributed by atoms with Crippen molar-refractivity contribution < 1.29 is 14.3 Å². The first-order valence-corrected chi connectivity index (χ1v) is 11.4. The van der Waals surface area contributed by atoms with Crippen LogP contribution < -0.4 is 9.64 Å². The molecule has 0 aliphatic carbocycles. The van der Waals surface area contributed by atoms with Crippen LogP contribution in [0.4, 0.5) is 5.69 Å². The number of amides is 2. The summed E-state index contributed by atoms with van der Waals surface area (Å²) in [5.41, 5.74) is 1.36. The van der Waals surface area contributed by atoms with Gasteiger partial charge in [0.1, 0.15) is 11.6 Å². The number of ether oxygens (including phenoxy) is 1. The van der Waals surface area contributed by atoms with E-state index in [9.17, 15) is 9.59 Å². The Hall–Kier alpha value is -3.39. The number of nitrogens with zero attached hydrogens (tertiary/aromatic N) is 5. The van der Waals surface area contributed by atoms with E-state index < -0.39 is 6.10 Å². The predicted octanol–water partition coefficient (Wildman–Crippen LogP) is 3.65. The lowest BCUT2D eigenvalue weighted by Crippen LogP contribution is -2.53. The highest BCUT2D eigenvalue weighted by Crippen LogP contribution is 2.34. The molecule has 8 nitrogen and oxygen atoms in total. The lowest BCUT2D eigenvalue weighted by Gasteiger charge is -2.37. The van der Waals surface area contributed by atoms with E-state index in [0.717, 1.165) is 38.0 Å². The highest BCUT2D eigenvalue weighted by molar-refractivity contribution is 6.30. The van der Waals surface area contributed by atoms with Crippen molar-refractivity contribution in [1.29, 1.82) is 0 Å². The van der Waals surface area contributed by atoms with Crippen LogP contribution in [0.25, 0.3) is 5.69 Å². The van der Waals surface area contributed by atoms with Crippen molar-refractivity contribution >= 4 is 29.1 Å². The van der Waals surface area contributed by atoms with Gasteiger partial charge in [-0.3, -0.25) is 14.5 Å². The van der Waals surface area contributed by atoms with Crippen LogP contribution in [0, 0.1) is 6.92 Å². The molecular formula is C24H24ClN5O3. The van der Waals surface area contributed by atoms with Gasteiger partial charge in [-0.15, -0.1) is 5.10 Å². The fourth-order valence-electron chi connectivity index (χ4n) is 4.30. The number of hydrogen-bond acceptors (Lipinski definition) is 5. The van der Waals surface area contributed by atoms with Gasteiger partial charge in [-0.25, -0.2) is 9.67 Å². The number of rotatable bonds is 3. The minimum atomic E-state index is -0.763. The average molecular weight is 466 g/mol. The second-order valence-electron chi connectivity index (χ2n) is 8.25. The van der Waals surface area contributed by atoms with Crippen molar-refractivity contribution in [1.82, 2.24) is 19.7 Å². The molecule has 0 saturated carbocycles. The summed E-state index contributed by atoms with van der Waals surface area (Å²) < 4.78 is 7.63. The maximum atomic E-state index is 13.5. The number of carbonyl (C=O) groups excluding carboxylic acids is 2. The Morgan fingerprint density at radius 2 is 1.76 bits per heavy atom. The molecule has 5 rings (SSSR count). The summed E-state index contributed by atoms with van der Waals surface area (Å²) in [4.78, 5) is 34.5. The second kappa shape index (κ2) is 8.86. The molecule has 0 bridgehead atoms. The molecule has 3 aromatic rings. The molecule has 0 unspecified atom stereocenters. The number of piperidine rings is 1. The summed E-state index contributed by atoms with van der Waals surface area (Å²) in [6.45, 7) is 3.34. The van der Waals surface area contributed by atoms with Gasteiger partial charge in [-0.2, -0.15) is 0 Å². The molecule has 1 aromatic heterocycles. The number of para-hydroxylation sites is 2. The van der Waals surface area contributed by atoms with Crippen LogP contribution in [0.3, 0.4) is 0 Å². The number of fused-ring (bicyclic) bond motifs is 1. The fraction of sp³-hybridized carbons (Fsp3) is 0.333. The van der Waals surface area contributed by atoms with E-state index in [4.69, 9.17) is 16.3 Å². The summed E-state index contributed by atoms with van der Waals surface area (Å²) in [5.74, 6) is 0.670. The van der Waals surface area contributed by atoms with Crippen molar-refractivity contribution in [2.45, 2.75) is 32.3 Å². The zero-order valence-electron chi connectivity index (χ0n) is 18.3. The first kappa shape index (κ1) is 21.5. The molecule has 3 heterocycles. The van der Waals surface area contributed by atoms with Crippen molar-refractivity contribution in [3.05, 3.63) is 65.2 Å². The van der Waals surface area contributed by atoms with Gasteiger partial charge >= 0.3 is 0 Å². The van der Waals surface area contributed by atoms with Crippen molar-refractivity contribution in [3.8, 4) is 11.4 Å². The number of likely N-dealkylation sites (tertiary alicyclic amines) is 1. The Morgan fingerprint density at radius 3 is 2.52 bits per heavy atom. The lowest BCUT2D eigenvalue weighted by atomic mass is 10.1. The van der Waals surface area contributed by atoms with Crippen LogP contribution in [0.15, 0.2) is 48.5 Å². The Kier molecular flexibility index (Phi) is 5.76. The quantitative estimate of drug-likeness (QED) is 0.589. The lowest BCUT2D eigenvalue weighted by molar-refractivity contribution is -0.139. The van der Waals surface area contributed by atoms with Crippen molar-refractivity contribution in [2.24, 2.45) is 0 Å². The maximum absolute atomic E-state index is 13.5. The zero-order valence-corrected chi connectivity index (χ0v) is 19.0. The Morgan fingerprint density at radius 1 is 1.03 bits per heavy atom. The number of anilines is 1. The van der Waals surface area contributed by atoms with E-state index in [2.05, 4.69) is 10.1 Å². The number of carbonyl (C=O) groups is 2. The standard InChI is InChI=1S/C24H24ClN5O3/c1-16-26-22(27-30(16)18-11-9-17(25)10-12-18)24(32)29-15-21(23(31)28-13-5-2-6-14-28)33-20-8-4-3-7-19(20)29/h3-4,7-12,21H,2,5-6,13-15H2,1H3/t21-/m0/s1. The van der Waals surface area contributed by atoms with Gasteiger partial charge in [-0.05, 0) is 62.6 Å². The highest BCUT2D eigenvalue weighted by atomic mass is 35.5. The van der Waals surface area contributed by atoms with Gasteiger partial charge in [0, 0.05) is 18.1 Å². The third kappa shape index (κ3) is 4.18. The monoisotopic (exact) mass is 465 g/mol. The number of hydrogen-bond donors (Lipinski definition) is 0. The first-order valence-electron chi connectivity index (χ1n) is 11.1. The van der Waals surface area contributed by atoms with Gasteiger partial charge in [-0.1, -0.05) is 23.7 Å². The molecule has 2 aliphatic heterocycles. The van der Waals surface area contributed by atoms with Gasteiger partial charge in [0.25, 0.3) is 11.8 Å². The van der Waals surface area contributed by atoms with E-state index in [1.807, 2.05) is 29.2 Å². The SMILES string of the molecule is Cc1nc(C(=O)N2C[C@@H](C(=O)N3CCCCC3)Oc3ccccc32)nn1-c1ccc(Cl)cc1. The highest BCUT2D eigenvalue weighted by Gasteiger charge is 2.37. The molecule has 1 atom stereocenters. The largest absolute Gasteiger partial charge is 0.476 e. The summed E-state index contributed by atoms with van der Waals surface area (Å²) in [6, 6.07) is 14.4. The molecule has 0 N–H and O–H groups in total. The molecule has 33 heavy (non-hydrogen) atoms. The Balaban J connectivity index is 1.44. The predicted molar refractivity (Wildman–Crippen MR) is 124 cm³/mol. The maximum Gasteiger partial charge on any atom is 0.298 e. The van der Waals surface area contributed by atoms with E-state index in [0.29, 0.717) is 22.3 Å².